The van der Waals surface area contributed by atoms with Crippen LogP contribution in [0.15, 0.2) is 64.4 Å². The van der Waals surface area contributed by atoms with E-state index in [-0.39, 0.29) is 17.5 Å². The average Bonchev–Trinajstić information content (AvgIpc) is 3.02. The van der Waals surface area contributed by atoms with Gasteiger partial charge in [-0.3, -0.25) is 18.9 Å². The van der Waals surface area contributed by atoms with Gasteiger partial charge in [0.1, 0.15) is 15.8 Å². The molecule has 0 bridgehead atoms. The number of amides is 1. The summed E-state index contributed by atoms with van der Waals surface area (Å²) in [5.74, 6) is 0.278. The van der Waals surface area contributed by atoms with Gasteiger partial charge >= 0.3 is 0 Å². The lowest BCUT2D eigenvalue weighted by Crippen LogP contribution is -2.30. The lowest BCUT2D eigenvalue weighted by Gasteiger charge is -2.14. The SMILES string of the molecule is CC(C)Nc1nc2ccccn2c(=O)c1/C=C1\SC(=S)N(CCc2ccccc2)C1=O. The molecule has 3 heterocycles. The molecule has 1 aliphatic heterocycles. The summed E-state index contributed by atoms with van der Waals surface area (Å²) < 4.78 is 1.98. The van der Waals surface area contributed by atoms with E-state index in [0.717, 1.165) is 5.56 Å². The van der Waals surface area contributed by atoms with Crippen molar-refractivity contribution >= 4 is 51.7 Å². The molecule has 2 aromatic heterocycles. The molecule has 4 rings (SSSR count). The van der Waals surface area contributed by atoms with Crippen LogP contribution in [0.3, 0.4) is 0 Å². The second-order valence-electron chi connectivity index (χ2n) is 7.48. The summed E-state index contributed by atoms with van der Waals surface area (Å²) in [6.07, 6.45) is 3.99. The molecule has 1 N–H and O–H groups in total. The minimum atomic E-state index is -0.233. The van der Waals surface area contributed by atoms with E-state index in [2.05, 4.69) is 10.3 Å². The normalized spacial score (nSPS) is 15.5. The minimum Gasteiger partial charge on any atom is -0.367 e. The third-order valence-electron chi connectivity index (χ3n) is 4.81. The summed E-state index contributed by atoms with van der Waals surface area (Å²) in [5, 5.41) is 3.23. The first kappa shape index (κ1) is 21.3. The number of anilines is 1. The van der Waals surface area contributed by atoms with Crippen LogP contribution in [-0.4, -0.2) is 37.1 Å². The second kappa shape index (κ2) is 9.03. The number of pyridine rings is 1. The molecule has 1 aromatic carbocycles. The molecule has 0 aliphatic carbocycles. The van der Waals surface area contributed by atoms with E-state index >= 15 is 0 Å². The lowest BCUT2D eigenvalue weighted by molar-refractivity contribution is -0.122. The smallest absolute Gasteiger partial charge is 0.267 e. The number of fused-ring (bicyclic) bond motifs is 1. The third kappa shape index (κ3) is 4.55. The summed E-state index contributed by atoms with van der Waals surface area (Å²) in [6, 6.07) is 15.4. The number of rotatable bonds is 6. The molecule has 0 atom stereocenters. The molecule has 0 radical (unpaired) electrons. The highest BCUT2D eigenvalue weighted by molar-refractivity contribution is 8.26. The van der Waals surface area contributed by atoms with Gasteiger partial charge in [-0.05, 0) is 44.0 Å². The Labute approximate surface area is 190 Å². The number of aromatic nitrogens is 2. The van der Waals surface area contributed by atoms with Crippen LogP contribution in [0.5, 0.6) is 0 Å². The van der Waals surface area contributed by atoms with Gasteiger partial charge in [-0.25, -0.2) is 4.98 Å². The molecule has 1 fully saturated rings. The number of hydrogen-bond donors (Lipinski definition) is 1. The van der Waals surface area contributed by atoms with E-state index in [4.69, 9.17) is 12.2 Å². The summed E-state index contributed by atoms with van der Waals surface area (Å²) in [5.41, 5.74) is 1.80. The zero-order valence-corrected chi connectivity index (χ0v) is 18.9. The van der Waals surface area contributed by atoms with Crippen LogP contribution in [0, 0.1) is 0 Å². The molecule has 6 nitrogen and oxygen atoms in total. The van der Waals surface area contributed by atoms with Crippen LogP contribution in [-0.2, 0) is 11.2 Å². The van der Waals surface area contributed by atoms with Crippen molar-refractivity contribution in [3.63, 3.8) is 0 Å². The Kier molecular flexibility index (Phi) is 6.20. The van der Waals surface area contributed by atoms with Gasteiger partial charge in [-0.1, -0.05) is 60.4 Å². The maximum Gasteiger partial charge on any atom is 0.267 e. The maximum atomic E-state index is 13.2. The van der Waals surface area contributed by atoms with Crippen molar-refractivity contribution in [2.45, 2.75) is 26.3 Å². The van der Waals surface area contributed by atoms with Crippen LogP contribution < -0.4 is 10.9 Å². The summed E-state index contributed by atoms with van der Waals surface area (Å²) in [4.78, 5) is 32.8. The molecular formula is C23H22N4O2S2. The van der Waals surface area contributed by atoms with Crippen LogP contribution in [0.2, 0.25) is 0 Å². The van der Waals surface area contributed by atoms with Gasteiger partial charge < -0.3 is 5.32 Å². The van der Waals surface area contributed by atoms with Gasteiger partial charge in [-0.15, -0.1) is 0 Å². The van der Waals surface area contributed by atoms with Crippen molar-refractivity contribution < 1.29 is 4.79 Å². The zero-order valence-electron chi connectivity index (χ0n) is 17.2. The molecular weight excluding hydrogens is 428 g/mol. The van der Waals surface area contributed by atoms with E-state index in [1.54, 1.807) is 29.3 Å². The molecule has 1 aliphatic rings. The Bertz CT molecular complexity index is 1240. The first-order valence-electron chi connectivity index (χ1n) is 10.0. The number of carbonyl (C=O) groups is 1. The monoisotopic (exact) mass is 450 g/mol. The molecule has 158 valence electrons. The molecule has 3 aromatic rings. The highest BCUT2D eigenvalue weighted by atomic mass is 32.2. The molecule has 0 unspecified atom stereocenters. The topological polar surface area (TPSA) is 66.7 Å². The minimum absolute atomic E-state index is 0.0746. The predicted molar refractivity (Wildman–Crippen MR) is 130 cm³/mol. The number of nitrogens with one attached hydrogen (secondary N) is 1. The Hall–Kier alpha value is -2.97. The number of thiocarbonyl (C=S) groups is 1. The fraction of sp³-hybridized carbons (Fsp3) is 0.217. The summed E-state index contributed by atoms with van der Waals surface area (Å²) >= 11 is 6.67. The maximum absolute atomic E-state index is 13.2. The highest BCUT2D eigenvalue weighted by Crippen LogP contribution is 2.33. The highest BCUT2D eigenvalue weighted by Gasteiger charge is 2.32. The number of hydrogen-bond acceptors (Lipinski definition) is 6. The van der Waals surface area contributed by atoms with Gasteiger partial charge in [0.15, 0.2) is 0 Å². The van der Waals surface area contributed by atoms with E-state index in [9.17, 15) is 9.59 Å². The van der Waals surface area contributed by atoms with E-state index in [1.807, 2.05) is 50.2 Å². The van der Waals surface area contributed by atoms with Gasteiger partial charge in [-0.2, -0.15) is 0 Å². The van der Waals surface area contributed by atoms with Crippen molar-refractivity contribution in [2.75, 3.05) is 11.9 Å². The van der Waals surface area contributed by atoms with Crippen molar-refractivity contribution in [1.82, 2.24) is 14.3 Å². The van der Waals surface area contributed by atoms with Crippen LogP contribution in [0.25, 0.3) is 11.7 Å². The fourth-order valence-electron chi connectivity index (χ4n) is 3.33. The van der Waals surface area contributed by atoms with Gasteiger partial charge in [0.2, 0.25) is 0 Å². The van der Waals surface area contributed by atoms with Crippen molar-refractivity contribution in [3.05, 3.63) is 81.1 Å². The van der Waals surface area contributed by atoms with Crippen LogP contribution in [0.1, 0.15) is 25.0 Å². The summed E-state index contributed by atoms with van der Waals surface area (Å²) in [7, 11) is 0. The number of thioether (sulfide) groups is 1. The lowest BCUT2D eigenvalue weighted by atomic mass is 10.1. The molecule has 31 heavy (non-hydrogen) atoms. The second-order valence-corrected chi connectivity index (χ2v) is 9.15. The van der Waals surface area contributed by atoms with Crippen LogP contribution in [0.4, 0.5) is 5.82 Å². The molecule has 0 spiro atoms. The summed E-state index contributed by atoms with van der Waals surface area (Å²) in [6.45, 7) is 4.45. The van der Waals surface area contributed by atoms with Crippen molar-refractivity contribution in [3.8, 4) is 0 Å². The molecule has 1 saturated heterocycles. The predicted octanol–water partition coefficient (Wildman–Crippen LogP) is 3.96. The average molecular weight is 451 g/mol. The first-order valence-corrected chi connectivity index (χ1v) is 11.2. The van der Waals surface area contributed by atoms with Gasteiger partial charge in [0.05, 0.1) is 10.5 Å². The molecule has 8 heteroatoms. The van der Waals surface area contributed by atoms with Gasteiger partial charge in [0.25, 0.3) is 11.5 Å². The number of nitrogens with zero attached hydrogens (tertiary/aromatic N) is 3. The van der Waals surface area contributed by atoms with E-state index in [0.29, 0.717) is 39.2 Å². The standard InChI is InChI=1S/C23H22N4O2S2/c1-15(2)24-20-17(21(28)26-12-7-6-10-19(26)25-20)14-18-22(29)27(23(30)31-18)13-11-16-8-4-3-5-9-16/h3-10,12,14-15,24H,11,13H2,1-2H3/b18-14-. The largest absolute Gasteiger partial charge is 0.367 e. The van der Waals surface area contributed by atoms with Crippen LogP contribution >= 0.6 is 24.0 Å². The Balaban J connectivity index is 1.67. The Morgan fingerprint density at radius 1 is 1.13 bits per heavy atom. The molecule has 1 amide bonds. The van der Waals surface area contributed by atoms with E-state index < -0.39 is 0 Å². The Morgan fingerprint density at radius 2 is 1.87 bits per heavy atom. The zero-order chi connectivity index (χ0) is 22.0. The van der Waals surface area contributed by atoms with Crippen molar-refractivity contribution in [2.24, 2.45) is 0 Å². The Morgan fingerprint density at radius 3 is 2.61 bits per heavy atom. The van der Waals surface area contributed by atoms with Crippen molar-refractivity contribution in [1.29, 1.82) is 0 Å². The quantitative estimate of drug-likeness (QED) is 0.453. The molecule has 0 saturated carbocycles. The number of carbonyl (C=O) groups excluding carboxylic acids is 1. The fourth-order valence-corrected chi connectivity index (χ4v) is 4.62. The number of benzene rings is 1. The van der Waals surface area contributed by atoms with Gasteiger partial charge in [0, 0.05) is 18.8 Å². The first-order chi connectivity index (χ1) is 14.9. The third-order valence-corrected chi connectivity index (χ3v) is 6.19. The van der Waals surface area contributed by atoms with E-state index in [1.165, 1.54) is 16.2 Å².